The Kier molecular flexibility index (Phi) is 13.7. The monoisotopic (exact) mass is 634 g/mol. The van der Waals surface area contributed by atoms with Crippen LogP contribution in [0.5, 0.6) is 11.5 Å². The van der Waals surface area contributed by atoms with Crippen molar-refractivity contribution in [1.29, 1.82) is 0 Å². The van der Waals surface area contributed by atoms with E-state index in [2.05, 4.69) is 107 Å². The molecule has 0 aromatic heterocycles. The molecule has 0 spiro atoms. The minimum Gasteiger partial charge on any atom is -0.507 e. The molecule has 4 nitrogen and oxygen atoms in total. The van der Waals surface area contributed by atoms with Gasteiger partial charge in [-0.05, 0) is 80.7 Å². The number of Topliss-reactive ketones (excluding diaryl/α,β-unsaturated/α-hetero) is 2. The maximum absolute atomic E-state index is 12.7. The number of ketones is 2. The number of carbonyl (C=O) groups is 2. The van der Waals surface area contributed by atoms with E-state index < -0.39 is 0 Å². The summed E-state index contributed by atoms with van der Waals surface area (Å²) in [4.78, 5) is 25.3. The first-order valence-electron chi connectivity index (χ1n) is 17.8. The third-order valence-electron chi connectivity index (χ3n) is 9.12. The molecule has 0 aliphatic heterocycles. The molecule has 258 valence electrons. The first-order valence-corrected chi connectivity index (χ1v) is 17.8. The first-order chi connectivity index (χ1) is 21.0. The third kappa shape index (κ3) is 12.2. The molecule has 0 unspecified atom stereocenters. The van der Waals surface area contributed by atoms with Crippen molar-refractivity contribution in [3.8, 4) is 11.5 Å². The van der Waals surface area contributed by atoms with Crippen LogP contribution in [0.25, 0.3) is 0 Å². The molecule has 0 aliphatic carbocycles. The zero-order valence-electron chi connectivity index (χ0n) is 31.5. The fourth-order valence-electron chi connectivity index (χ4n) is 6.13. The molecule has 4 heteroatoms. The Bertz CT molecular complexity index is 1150. The van der Waals surface area contributed by atoms with Gasteiger partial charge < -0.3 is 10.2 Å². The molecule has 0 fully saturated rings. The fourth-order valence-corrected chi connectivity index (χ4v) is 6.13. The third-order valence-corrected chi connectivity index (χ3v) is 9.12. The quantitative estimate of drug-likeness (QED) is 0.191. The number of carbonyl (C=O) groups excluding carboxylic acids is 2. The molecule has 0 heterocycles. The Morgan fingerprint density at radius 1 is 0.435 bits per heavy atom. The van der Waals surface area contributed by atoms with Gasteiger partial charge in [0.2, 0.25) is 0 Å². The summed E-state index contributed by atoms with van der Waals surface area (Å²) in [6, 6.07) is 8.34. The molecule has 0 amide bonds. The van der Waals surface area contributed by atoms with Gasteiger partial charge >= 0.3 is 0 Å². The maximum Gasteiger partial charge on any atom is 0.133 e. The molecule has 2 aromatic carbocycles. The summed E-state index contributed by atoms with van der Waals surface area (Å²) in [5, 5.41) is 21.9. The van der Waals surface area contributed by atoms with Gasteiger partial charge in [-0.1, -0.05) is 133 Å². The number of phenols is 2. The van der Waals surface area contributed by atoms with Crippen molar-refractivity contribution in [2.75, 3.05) is 0 Å². The number of hydrogen-bond donors (Lipinski definition) is 2. The zero-order valence-corrected chi connectivity index (χ0v) is 31.5. The van der Waals surface area contributed by atoms with Crippen molar-refractivity contribution in [1.82, 2.24) is 0 Å². The van der Waals surface area contributed by atoms with E-state index in [-0.39, 0.29) is 21.7 Å². The molecular weight excluding hydrogens is 568 g/mol. The van der Waals surface area contributed by atoms with Crippen LogP contribution >= 0.6 is 0 Å². The van der Waals surface area contributed by atoms with E-state index in [4.69, 9.17) is 0 Å². The van der Waals surface area contributed by atoms with E-state index in [9.17, 15) is 19.8 Å². The van der Waals surface area contributed by atoms with E-state index in [1.54, 1.807) is 0 Å². The molecule has 2 N–H and O–H groups in total. The minimum absolute atomic E-state index is 0.169. The van der Waals surface area contributed by atoms with E-state index in [1.165, 1.54) is 0 Å². The van der Waals surface area contributed by atoms with Gasteiger partial charge in [0.15, 0.2) is 0 Å². The average Bonchev–Trinajstić information content (AvgIpc) is 2.90. The molecule has 46 heavy (non-hydrogen) atoms. The van der Waals surface area contributed by atoms with Crippen molar-refractivity contribution in [3.63, 3.8) is 0 Å². The molecule has 0 radical (unpaired) electrons. The Labute approximate surface area is 281 Å². The van der Waals surface area contributed by atoms with Gasteiger partial charge in [0, 0.05) is 25.7 Å². The highest BCUT2D eigenvalue weighted by Crippen LogP contribution is 2.41. The lowest BCUT2D eigenvalue weighted by molar-refractivity contribution is -0.120. The number of aromatic hydroxyl groups is 2. The predicted octanol–water partition coefficient (Wildman–Crippen LogP) is 11.1. The topological polar surface area (TPSA) is 74.6 Å². The van der Waals surface area contributed by atoms with E-state index in [0.29, 0.717) is 61.6 Å². The second-order valence-electron chi connectivity index (χ2n) is 17.8. The lowest BCUT2D eigenvalue weighted by Crippen LogP contribution is -2.18. The van der Waals surface area contributed by atoms with Gasteiger partial charge in [-0.15, -0.1) is 0 Å². The van der Waals surface area contributed by atoms with Crippen LogP contribution in [0.15, 0.2) is 24.3 Å². The SMILES string of the molecule is CC(C)(C)c1cc(CCC(=O)CCCCCCCCC(=O)CCc2cc(C(C)(C)C)c(O)c(C(C)(C)C)c2)cc(C(C)(C)C)c1O. The van der Waals surface area contributed by atoms with Crippen molar-refractivity contribution >= 4 is 11.6 Å². The normalized spacial score (nSPS) is 12.9. The number of phenolic OH excluding ortho intramolecular Hbond substituents is 2. The Hall–Kier alpha value is -2.62. The van der Waals surface area contributed by atoms with Crippen LogP contribution in [-0.2, 0) is 44.1 Å². The summed E-state index contributed by atoms with van der Waals surface area (Å²) in [6.45, 7) is 25.4. The van der Waals surface area contributed by atoms with E-state index in [1.807, 2.05) is 0 Å². The highest BCUT2D eigenvalue weighted by Gasteiger charge is 2.28. The molecule has 2 aromatic rings. The number of aryl methyl sites for hydroxylation is 2. The van der Waals surface area contributed by atoms with Gasteiger partial charge in [-0.25, -0.2) is 0 Å². The predicted molar refractivity (Wildman–Crippen MR) is 195 cm³/mol. The summed E-state index contributed by atoms with van der Waals surface area (Å²) >= 11 is 0. The minimum atomic E-state index is -0.169. The Balaban J connectivity index is 1.71. The van der Waals surface area contributed by atoms with E-state index >= 15 is 0 Å². The summed E-state index contributed by atoms with van der Waals surface area (Å²) in [5.41, 5.74) is 5.38. The molecule has 0 atom stereocenters. The maximum atomic E-state index is 12.7. The van der Waals surface area contributed by atoms with Crippen LogP contribution in [-0.4, -0.2) is 21.8 Å². The summed E-state index contributed by atoms with van der Waals surface area (Å²) in [5.74, 6) is 1.40. The summed E-state index contributed by atoms with van der Waals surface area (Å²) < 4.78 is 0. The van der Waals surface area contributed by atoms with Gasteiger partial charge in [-0.3, -0.25) is 9.59 Å². The molecular formula is C42H66O4. The first kappa shape index (κ1) is 39.6. The highest BCUT2D eigenvalue weighted by atomic mass is 16.3. The largest absolute Gasteiger partial charge is 0.507 e. The Morgan fingerprint density at radius 2 is 0.674 bits per heavy atom. The van der Waals surface area contributed by atoms with Crippen LogP contribution in [0.2, 0.25) is 0 Å². The lowest BCUT2D eigenvalue weighted by Gasteiger charge is -2.28. The summed E-state index contributed by atoms with van der Waals surface area (Å²) in [6.07, 6.45) is 9.90. The van der Waals surface area contributed by atoms with Crippen LogP contribution in [0.1, 0.15) is 181 Å². The van der Waals surface area contributed by atoms with Crippen LogP contribution in [0, 0.1) is 0 Å². The number of rotatable bonds is 15. The summed E-state index contributed by atoms with van der Waals surface area (Å²) in [7, 11) is 0. The van der Waals surface area contributed by atoms with Crippen molar-refractivity contribution in [2.45, 2.75) is 182 Å². The highest BCUT2D eigenvalue weighted by molar-refractivity contribution is 5.79. The number of unbranched alkanes of at least 4 members (excludes halogenated alkanes) is 5. The molecule has 2 rings (SSSR count). The van der Waals surface area contributed by atoms with Crippen molar-refractivity contribution in [2.24, 2.45) is 0 Å². The van der Waals surface area contributed by atoms with Crippen molar-refractivity contribution in [3.05, 3.63) is 57.6 Å². The molecule has 0 saturated carbocycles. The Morgan fingerprint density at radius 3 is 0.913 bits per heavy atom. The second kappa shape index (κ2) is 16.0. The van der Waals surface area contributed by atoms with Crippen LogP contribution < -0.4 is 0 Å². The lowest BCUT2D eigenvalue weighted by atomic mass is 9.78. The standard InChI is InChI=1S/C42H66O4/c1-39(2,3)33-25-29(26-34(37(33)45)40(4,5)6)21-23-31(43)19-17-15-13-14-16-18-20-32(44)24-22-30-27-35(41(7,8)9)38(46)36(28-30)42(10,11)12/h25-28,45-46H,13-24H2,1-12H3. The van der Waals surface area contributed by atoms with Gasteiger partial charge in [0.25, 0.3) is 0 Å². The van der Waals surface area contributed by atoms with Crippen LogP contribution in [0.4, 0.5) is 0 Å². The van der Waals surface area contributed by atoms with Gasteiger partial charge in [0.1, 0.15) is 23.1 Å². The average molecular weight is 635 g/mol. The van der Waals surface area contributed by atoms with Gasteiger partial charge in [-0.2, -0.15) is 0 Å². The fraction of sp³-hybridized carbons (Fsp3) is 0.667. The second-order valence-corrected chi connectivity index (χ2v) is 17.8. The molecule has 0 bridgehead atoms. The number of hydrogen-bond acceptors (Lipinski definition) is 4. The zero-order chi connectivity index (χ0) is 35.1. The number of benzene rings is 2. The van der Waals surface area contributed by atoms with Crippen molar-refractivity contribution < 1.29 is 19.8 Å². The molecule has 0 aliphatic rings. The van der Waals surface area contributed by atoms with Gasteiger partial charge in [0.05, 0.1) is 0 Å². The van der Waals surface area contributed by atoms with Crippen LogP contribution in [0.3, 0.4) is 0 Å². The molecule has 0 saturated heterocycles. The van der Waals surface area contributed by atoms with E-state index in [0.717, 1.165) is 71.9 Å². The smallest absolute Gasteiger partial charge is 0.133 e.